The van der Waals surface area contributed by atoms with E-state index < -0.39 is 0 Å². The van der Waals surface area contributed by atoms with E-state index in [1.54, 1.807) is 16.5 Å². The lowest BCUT2D eigenvalue weighted by atomic mass is 10.0. The van der Waals surface area contributed by atoms with Gasteiger partial charge in [-0.15, -0.1) is 0 Å². The molecule has 0 saturated carbocycles. The molecule has 3 aromatic heterocycles. The van der Waals surface area contributed by atoms with Crippen LogP contribution in [-0.4, -0.2) is 14.0 Å². The van der Waals surface area contributed by atoms with Crippen LogP contribution < -0.4 is 5.56 Å². The number of hydrogen-bond donors (Lipinski definition) is 0. The molecule has 0 N–H and O–H groups in total. The second kappa shape index (κ2) is 7.42. The zero-order valence-electron chi connectivity index (χ0n) is 19.6. The van der Waals surface area contributed by atoms with E-state index >= 15 is 0 Å². The minimum absolute atomic E-state index is 0.129. The fraction of sp³-hybridized carbons (Fsp3) is 0. The number of hydrogen-bond acceptors (Lipinski definition) is 3. The normalized spacial score (nSPS) is 11.9. The summed E-state index contributed by atoms with van der Waals surface area (Å²) >= 11 is 0. The van der Waals surface area contributed by atoms with Crippen molar-refractivity contribution in [3.05, 3.63) is 126 Å². The van der Waals surface area contributed by atoms with Crippen molar-refractivity contribution in [3.63, 3.8) is 0 Å². The van der Waals surface area contributed by atoms with Crippen LogP contribution in [0.4, 0.5) is 0 Å². The number of benzene rings is 5. The van der Waals surface area contributed by atoms with Gasteiger partial charge >= 0.3 is 5.84 Å². The van der Waals surface area contributed by atoms with Gasteiger partial charge in [-0.3, -0.25) is 4.79 Å². The lowest BCUT2D eigenvalue weighted by Gasteiger charge is -2.08. The SMILES string of the molecule is O=c1c2ccccc2oc2nc3cc4c(cc3n12)c1cc(-c2ccccc2)ccc1n4-c1ccccc1. The van der Waals surface area contributed by atoms with Gasteiger partial charge in [0.25, 0.3) is 5.56 Å². The van der Waals surface area contributed by atoms with Gasteiger partial charge in [0.15, 0.2) is 0 Å². The van der Waals surface area contributed by atoms with Crippen molar-refractivity contribution >= 4 is 49.7 Å². The van der Waals surface area contributed by atoms with E-state index in [0.29, 0.717) is 22.3 Å². The summed E-state index contributed by atoms with van der Waals surface area (Å²) in [6, 6.07) is 38.7. The van der Waals surface area contributed by atoms with Crippen LogP contribution in [0.25, 0.3) is 66.5 Å². The molecule has 5 nitrogen and oxygen atoms in total. The van der Waals surface area contributed by atoms with Crippen molar-refractivity contribution in [3.8, 4) is 16.8 Å². The predicted octanol–water partition coefficient (Wildman–Crippen LogP) is 7.36. The van der Waals surface area contributed by atoms with Crippen LogP contribution in [0, 0.1) is 0 Å². The van der Waals surface area contributed by atoms with E-state index in [2.05, 4.69) is 71.3 Å². The molecule has 8 rings (SSSR count). The molecular weight excluding hydrogens is 458 g/mol. The average molecular weight is 478 g/mol. The minimum Gasteiger partial charge on any atom is -0.424 e. The highest BCUT2D eigenvalue weighted by molar-refractivity contribution is 6.14. The Morgan fingerprint density at radius 2 is 1.32 bits per heavy atom. The van der Waals surface area contributed by atoms with Crippen LogP contribution in [0.1, 0.15) is 0 Å². The molecule has 5 aromatic carbocycles. The Morgan fingerprint density at radius 1 is 0.595 bits per heavy atom. The molecule has 3 heterocycles. The van der Waals surface area contributed by atoms with Crippen LogP contribution in [0.15, 0.2) is 124 Å². The van der Waals surface area contributed by atoms with E-state index in [0.717, 1.165) is 44.1 Å². The summed E-state index contributed by atoms with van der Waals surface area (Å²) in [5, 5.41) is 2.70. The van der Waals surface area contributed by atoms with Gasteiger partial charge in [0.05, 0.1) is 27.5 Å². The van der Waals surface area contributed by atoms with Crippen LogP contribution in [0.3, 0.4) is 0 Å². The van der Waals surface area contributed by atoms with Gasteiger partial charge in [-0.05, 0) is 59.7 Å². The highest BCUT2D eigenvalue weighted by atomic mass is 16.3. The number of aromatic nitrogens is 3. The average Bonchev–Trinajstić information content (AvgIpc) is 3.47. The van der Waals surface area contributed by atoms with E-state index in [4.69, 9.17) is 9.40 Å². The van der Waals surface area contributed by atoms with Gasteiger partial charge in [0, 0.05) is 16.5 Å². The molecule has 0 fully saturated rings. The molecule has 37 heavy (non-hydrogen) atoms. The van der Waals surface area contributed by atoms with Crippen molar-refractivity contribution in [2.45, 2.75) is 0 Å². The molecule has 0 atom stereocenters. The van der Waals surface area contributed by atoms with Crippen LogP contribution >= 0.6 is 0 Å². The van der Waals surface area contributed by atoms with Crippen molar-refractivity contribution < 1.29 is 4.42 Å². The Morgan fingerprint density at radius 3 is 2.16 bits per heavy atom. The monoisotopic (exact) mass is 477 g/mol. The van der Waals surface area contributed by atoms with Crippen LogP contribution in [0.5, 0.6) is 0 Å². The van der Waals surface area contributed by atoms with Crippen molar-refractivity contribution in [1.29, 1.82) is 0 Å². The van der Waals surface area contributed by atoms with Crippen LogP contribution in [-0.2, 0) is 0 Å². The molecular formula is C32H19N3O2. The van der Waals surface area contributed by atoms with E-state index in [1.165, 1.54) is 0 Å². The maximum absolute atomic E-state index is 13.5. The number of rotatable bonds is 2. The summed E-state index contributed by atoms with van der Waals surface area (Å²) in [6.45, 7) is 0. The van der Waals surface area contributed by atoms with Gasteiger partial charge in [-0.1, -0.05) is 66.7 Å². The summed E-state index contributed by atoms with van der Waals surface area (Å²) in [5.41, 5.74) is 7.35. The Kier molecular flexibility index (Phi) is 4.03. The van der Waals surface area contributed by atoms with Crippen molar-refractivity contribution in [2.24, 2.45) is 0 Å². The first-order chi connectivity index (χ1) is 18.3. The molecule has 0 unspecified atom stereocenters. The summed E-state index contributed by atoms with van der Waals surface area (Å²) in [5.74, 6) is 0.298. The Hall–Kier alpha value is -5.16. The third kappa shape index (κ3) is 2.85. The minimum atomic E-state index is -0.129. The van der Waals surface area contributed by atoms with Gasteiger partial charge < -0.3 is 8.98 Å². The lowest BCUT2D eigenvalue weighted by Crippen LogP contribution is -2.12. The fourth-order valence-corrected chi connectivity index (χ4v) is 5.45. The molecule has 8 aromatic rings. The highest BCUT2D eigenvalue weighted by Gasteiger charge is 2.18. The number of imidazole rings is 1. The Balaban J connectivity index is 1.53. The molecule has 0 aliphatic rings. The predicted molar refractivity (Wildman–Crippen MR) is 149 cm³/mol. The van der Waals surface area contributed by atoms with Gasteiger partial charge in [0.1, 0.15) is 5.58 Å². The molecule has 0 saturated heterocycles. The number of fused-ring (bicyclic) bond motifs is 7. The molecule has 0 bridgehead atoms. The maximum Gasteiger partial charge on any atom is 0.310 e. The maximum atomic E-state index is 13.5. The topological polar surface area (TPSA) is 52.4 Å². The Labute approximate surface area is 210 Å². The van der Waals surface area contributed by atoms with Crippen molar-refractivity contribution in [2.75, 3.05) is 0 Å². The second-order valence-electron chi connectivity index (χ2n) is 9.26. The molecule has 0 aliphatic heterocycles. The van der Waals surface area contributed by atoms with E-state index in [1.807, 2.05) is 36.4 Å². The summed E-state index contributed by atoms with van der Waals surface area (Å²) in [4.78, 5) is 18.2. The van der Waals surface area contributed by atoms with Gasteiger partial charge in [0.2, 0.25) is 0 Å². The number of para-hydroxylation sites is 2. The highest BCUT2D eigenvalue weighted by Crippen LogP contribution is 2.37. The molecule has 0 radical (unpaired) electrons. The molecule has 0 spiro atoms. The Bertz CT molecular complexity index is 2200. The zero-order valence-corrected chi connectivity index (χ0v) is 19.6. The fourth-order valence-electron chi connectivity index (χ4n) is 5.45. The van der Waals surface area contributed by atoms with E-state index in [9.17, 15) is 4.79 Å². The second-order valence-corrected chi connectivity index (χ2v) is 9.26. The van der Waals surface area contributed by atoms with Crippen molar-refractivity contribution in [1.82, 2.24) is 14.0 Å². The first-order valence-corrected chi connectivity index (χ1v) is 12.2. The third-order valence-electron chi connectivity index (χ3n) is 7.15. The molecule has 0 amide bonds. The zero-order chi connectivity index (χ0) is 24.5. The summed E-state index contributed by atoms with van der Waals surface area (Å²) in [7, 11) is 0. The molecule has 174 valence electrons. The molecule has 0 aliphatic carbocycles. The smallest absolute Gasteiger partial charge is 0.310 e. The quantitative estimate of drug-likeness (QED) is 0.261. The number of nitrogens with zero attached hydrogens (tertiary/aromatic N) is 3. The van der Waals surface area contributed by atoms with Gasteiger partial charge in [-0.25, -0.2) is 4.40 Å². The largest absolute Gasteiger partial charge is 0.424 e. The summed E-state index contributed by atoms with van der Waals surface area (Å²) in [6.07, 6.45) is 0. The first-order valence-electron chi connectivity index (χ1n) is 12.2. The van der Waals surface area contributed by atoms with E-state index in [-0.39, 0.29) is 5.56 Å². The molecule has 5 heteroatoms. The van der Waals surface area contributed by atoms with Crippen LogP contribution in [0.2, 0.25) is 0 Å². The lowest BCUT2D eigenvalue weighted by molar-refractivity contribution is 0.616. The van der Waals surface area contributed by atoms with Gasteiger partial charge in [-0.2, -0.15) is 4.98 Å². The third-order valence-corrected chi connectivity index (χ3v) is 7.15. The standard InChI is InChI=1S/C32H19N3O2/c36-31-23-13-7-8-14-30(23)37-32-33-26-19-28-25(18-29(26)35(31)32)24-17-21(20-9-3-1-4-10-20)15-16-27(24)34(28)22-11-5-2-6-12-22/h1-19H. The summed E-state index contributed by atoms with van der Waals surface area (Å²) < 4.78 is 9.89. The first kappa shape index (κ1) is 20.1.